The lowest BCUT2D eigenvalue weighted by atomic mass is 10.3. The van der Waals surface area contributed by atoms with Gasteiger partial charge < -0.3 is 4.74 Å². The summed E-state index contributed by atoms with van der Waals surface area (Å²) < 4.78 is 31.8. The standard InChI is InChI=1S/C10H11BrClNO3S/c1-3-4-13-17(14,15)9-6-7(12)5-8(11)10(9)16-2/h3,5-6,13H,1,4H2,2H3. The van der Waals surface area contributed by atoms with Gasteiger partial charge in [0, 0.05) is 11.6 Å². The third kappa shape index (κ3) is 3.45. The lowest BCUT2D eigenvalue weighted by Crippen LogP contribution is -2.24. The van der Waals surface area contributed by atoms with E-state index in [1.165, 1.54) is 19.3 Å². The van der Waals surface area contributed by atoms with Crippen molar-refractivity contribution in [3.63, 3.8) is 0 Å². The van der Waals surface area contributed by atoms with E-state index in [9.17, 15) is 8.42 Å². The number of halogens is 2. The van der Waals surface area contributed by atoms with Gasteiger partial charge in [-0.15, -0.1) is 6.58 Å². The maximum atomic E-state index is 12.0. The molecule has 0 amide bonds. The predicted molar refractivity (Wildman–Crippen MR) is 71.1 cm³/mol. The number of hydrogen-bond donors (Lipinski definition) is 1. The Labute approximate surface area is 114 Å². The van der Waals surface area contributed by atoms with Crippen molar-refractivity contribution in [3.8, 4) is 5.75 Å². The molecule has 0 aliphatic rings. The number of hydrogen-bond acceptors (Lipinski definition) is 3. The van der Waals surface area contributed by atoms with E-state index in [4.69, 9.17) is 16.3 Å². The molecule has 1 aromatic rings. The second-order valence-corrected chi connectivity index (χ2v) is 6.09. The first kappa shape index (κ1) is 14.5. The zero-order chi connectivity index (χ0) is 13.1. The van der Waals surface area contributed by atoms with Crippen molar-refractivity contribution in [2.45, 2.75) is 4.90 Å². The molecule has 0 fully saturated rings. The Hall–Kier alpha value is -0.560. The van der Waals surface area contributed by atoms with Crippen LogP contribution in [0.4, 0.5) is 0 Å². The fraction of sp³-hybridized carbons (Fsp3) is 0.200. The zero-order valence-corrected chi connectivity index (χ0v) is 12.2. The highest BCUT2D eigenvalue weighted by Gasteiger charge is 2.21. The topological polar surface area (TPSA) is 55.4 Å². The largest absolute Gasteiger partial charge is 0.494 e. The number of sulfonamides is 1. The molecule has 1 N–H and O–H groups in total. The monoisotopic (exact) mass is 339 g/mol. The lowest BCUT2D eigenvalue weighted by Gasteiger charge is -2.11. The van der Waals surface area contributed by atoms with E-state index in [0.717, 1.165) is 0 Å². The third-order valence-electron chi connectivity index (χ3n) is 1.89. The molecule has 0 radical (unpaired) electrons. The van der Waals surface area contributed by atoms with Gasteiger partial charge in [0.2, 0.25) is 10.0 Å². The van der Waals surface area contributed by atoms with Crippen LogP contribution in [0.25, 0.3) is 0 Å². The second kappa shape index (κ2) is 5.86. The van der Waals surface area contributed by atoms with Crippen molar-refractivity contribution in [2.24, 2.45) is 0 Å². The molecular formula is C10H11BrClNO3S. The first-order valence-corrected chi connectivity index (χ1v) is 7.21. The van der Waals surface area contributed by atoms with E-state index in [-0.39, 0.29) is 17.2 Å². The van der Waals surface area contributed by atoms with Crippen LogP contribution in [0.5, 0.6) is 5.75 Å². The van der Waals surface area contributed by atoms with Crippen LogP contribution in [0, 0.1) is 0 Å². The molecule has 0 aliphatic heterocycles. The Balaban J connectivity index is 3.34. The molecule has 4 nitrogen and oxygen atoms in total. The molecule has 0 bridgehead atoms. The number of ether oxygens (including phenoxy) is 1. The Bertz CT molecular complexity index is 531. The Morgan fingerprint density at radius 2 is 2.24 bits per heavy atom. The molecule has 17 heavy (non-hydrogen) atoms. The maximum Gasteiger partial charge on any atom is 0.244 e. The van der Waals surface area contributed by atoms with Gasteiger partial charge in [0.25, 0.3) is 0 Å². The highest BCUT2D eigenvalue weighted by molar-refractivity contribution is 9.10. The maximum absolute atomic E-state index is 12.0. The van der Waals surface area contributed by atoms with Gasteiger partial charge in [-0.3, -0.25) is 0 Å². The molecule has 0 atom stereocenters. The predicted octanol–water partition coefficient (Wildman–Crippen LogP) is 2.58. The first-order chi connectivity index (χ1) is 7.92. The van der Waals surface area contributed by atoms with Gasteiger partial charge in [-0.1, -0.05) is 17.7 Å². The molecular weight excluding hydrogens is 330 g/mol. The van der Waals surface area contributed by atoms with Crippen LogP contribution < -0.4 is 9.46 Å². The molecule has 1 aromatic carbocycles. The van der Waals surface area contributed by atoms with Gasteiger partial charge in [-0.05, 0) is 28.1 Å². The normalized spacial score (nSPS) is 11.2. The molecule has 94 valence electrons. The van der Waals surface area contributed by atoms with Crippen LogP contribution in [0.1, 0.15) is 0 Å². The van der Waals surface area contributed by atoms with Crippen LogP contribution in [0.15, 0.2) is 34.2 Å². The quantitative estimate of drug-likeness (QED) is 0.838. The van der Waals surface area contributed by atoms with Crippen LogP contribution >= 0.6 is 27.5 Å². The Morgan fingerprint density at radius 3 is 2.76 bits per heavy atom. The lowest BCUT2D eigenvalue weighted by molar-refractivity contribution is 0.399. The van der Waals surface area contributed by atoms with Gasteiger partial charge in [0.15, 0.2) is 5.75 Å². The minimum absolute atomic E-state index is 0.0128. The van der Waals surface area contributed by atoms with Crippen molar-refractivity contribution in [1.29, 1.82) is 0 Å². The molecule has 0 heterocycles. The fourth-order valence-corrected chi connectivity index (χ4v) is 3.56. The molecule has 0 aliphatic carbocycles. The smallest absolute Gasteiger partial charge is 0.244 e. The summed E-state index contributed by atoms with van der Waals surface area (Å²) in [6.45, 7) is 3.58. The minimum Gasteiger partial charge on any atom is -0.494 e. The Kier molecular flexibility index (Phi) is 5.00. The van der Waals surface area contributed by atoms with Gasteiger partial charge in [0.1, 0.15) is 4.90 Å². The summed E-state index contributed by atoms with van der Waals surface area (Å²) in [4.78, 5) is -0.0128. The van der Waals surface area contributed by atoms with Crippen molar-refractivity contribution in [2.75, 3.05) is 13.7 Å². The molecule has 0 unspecified atom stereocenters. The highest BCUT2D eigenvalue weighted by atomic mass is 79.9. The summed E-state index contributed by atoms with van der Waals surface area (Å²) in [5, 5.41) is 0.302. The summed E-state index contributed by atoms with van der Waals surface area (Å²) in [5.74, 6) is 0.214. The van der Waals surface area contributed by atoms with E-state index < -0.39 is 10.0 Å². The van der Waals surface area contributed by atoms with Gasteiger partial charge in [-0.25, -0.2) is 13.1 Å². The minimum atomic E-state index is -3.67. The number of nitrogens with one attached hydrogen (secondary N) is 1. The number of rotatable bonds is 5. The molecule has 1 rings (SSSR count). The molecule has 0 aromatic heterocycles. The van der Waals surface area contributed by atoms with Crippen molar-refractivity contribution < 1.29 is 13.2 Å². The third-order valence-corrected chi connectivity index (χ3v) is 4.12. The molecule has 7 heteroatoms. The number of methoxy groups -OCH3 is 1. The van der Waals surface area contributed by atoms with Crippen LogP contribution in [-0.4, -0.2) is 22.1 Å². The summed E-state index contributed by atoms with van der Waals surface area (Å²) >= 11 is 9.02. The zero-order valence-electron chi connectivity index (χ0n) is 9.04. The van der Waals surface area contributed by atoms with Gasteiger partial charge in [0.05, 0.1) is 11.6 Å². The van der Waals surface area contributed by atoms with E-state index in [1.54, 1.807) is 6.07 Å². The van der Waals surface area contributed by atoms with Crippen LogP contribution in [0.3, 0.4) is 0 Å². The van der Waals surface area contributed by atoms with Crippen LogP contribution in [0.2, 0.25) is 5.02 Å². The SMILES string of the molecule is C=CCNS(=O)(=O)c1cc(Cl)cc(Br)c1OC. The second-order valence-electron chi connectivity index (χ2n) is 3.06. The summed E-state index contributed by atoms with van der Waals surface area (Å²) in [7, 11) is -2.28. The van der Waals surface area contributed by atoms with E-state index >= 15 is 0 Å². The fourth-order valence-electron chi connectivity index (χ4n) is 1.18. The number of benzene rings is 1. The van der Waals surface area contributed by atoms with Gasteiger partial charge in [-0.2, -0.15) is 0 Å². The van der Waals surface area contributed by atoms with E-state index in [2.05, 4.69) is 27.2 Å². The first-order valence-electron chi connectivity index (χ1n) is 4.56. The molecule has 0 saturated heterocycles. The van der Waals surface area contributed by atoms with Crippen LogP contribution in [-0.2, 0) is 10.0 Å². The van der Waals surface area contributed by atoms with Crippen molar-refractivity contribution >= 4 is 37.6 Å². The van der Waals surface area contributed by atoms with E-state index in [0.29, 0.717) is 9.50 Å². The average molecular weight is 341 g/mol. The van der Waals surface area contributed by atoms with E-state index in [1.807, 2.05) is 0 Å². The van der Waals surface area contributed by atoms with Crippen molar-refractivity contribution in [1.82, 2.24) is 4.72 Å². The highest BCUT2D eigenvalue weighted by Crippen LogP contribution is 2.35. The average Bonchev–Trinajstić information content (AvgIpc) is 2.25. The summed E-state index contributed by atoms with van der Waals surface area (Å²) in [5.41, 5.74) is 0. The molecule has 0 saturated carbocycles. The molecule has 0 spiro atoms. The van der Waals surface area contributed by atoms with Gasteiger partial charge >= 0.3 is 0 Å². The summed E-state index contributed by atoms with van der Waals surface area (Å²) in [6.07, 6.45) is 1.45. The van der Waals surface area contributed by atoms with Crippen molar-refractivity contribution in [3.05, 3.63) is 34.3 Å². The Morgan fingerprint density at radius 1 is 1.59 bits per heavy atom. The summed E-state index contributed by atoms with van der Waals surface area (Å²) in [6, 6.07) is 2.89.